The van der Waals surface area contributed by atoms with Gasteiger partial charge < -0.3 is 11.1 Å². The van der Waals surface area contributed by atoms with E-state index in [4.69, 9.17) is 5.73 Å². The maximum atomic E-state index is 12.1. The SMILES string of the molecule is N#Cc1c(NC(=O)Cc2cccc(N)c2)sc2c1CCC2. The molecule has 1 heterocycles. The highest BCUT2D eigenvalue weighted by molar-refractivity contribution is 7.16. The van der Waals surface area contributed by atoms with E-state index >= 15 is 0 Å². The summed E-state index contributed by atoms with van der Waals surface area (Å²) in [7, 11) is 0. The van der Waals surface area contributed by atoms with Crippen molar-refractivity contribution in [1.29, 1.82) is 5.26 Å². The van der Waals surface area contributed by atoms with Gasteiger partial charge in [-0.2, -0.15) is 5.26 Å². The molecular formula is C16H15N3OS. The Morgan fingerprint density at radius 3 is 3.05 bits per heavy atom. The number of aryl methyl sites for hydroxylation is 1. The molecule has 0 radical (unpaired) electrons. The highest BCUT2D eigenvalue weighted by Gasteiger charge is 2.22. The smallest absolute Gasteiger partial charge is 0.229 e. The lowest BCUT2D eigenvalue weighted by molar-refractivity contribution is -0.115. The second kappa shape index (κ2) is 5.58. The van der Waals surface area contributed by atoms with E-state index in [2.05, 4.69) is 11.4 Å². The zero-order valence-corrected chi connectivity index (χ0v) is 12.3. The third kappa shape index (κ3) is 2.76. The van der Waals surface area contributed by atoms with Crippen LogP contribution in [0, 0.1) is 11.3 Å². The van der Waals surface area contributed by atoms with Crippen LogP contribution >= 0.6 is 11.3 Å². The van der Waals surface area contributed by atoms with Crippen molar-refractivity contribution in [1.82, 2.24) is 0 Å². The fourth-order valence-electron chi connectivity index (χ4n) is 2.67. The molecule has 1 aliphatic carbocycles. The van der Waals surface area contributed by atoms with Crippen molar-refractivity contribution in [2.45, 2.75) is 25.7 Å². The third-order valence-electron chi connectivity index (χ3n) is 3.60. The van der Waals surface area contributed by atoms with Crippen LogP contribution in [0.4, 0.5) is 10.7 Å². The Labute approximate surface area is 127 Å². The van der Waals surface area contributed by atoms with Crippen LogP contribution in [0.15, 0.2) is 24.3 Å². The van der Waals surface area contributed by atoms with Crippen LogP contribution in [0.2, 0.25) is 0 Å². The lowest BCUT2D eigenvalue weighted by Gasteiger charge is -2.05. The van der Waals surface area contributed by atoms with E-state index in [0.29, 0.717) is 16.3 Å². The van der Waals surface area contributed by atoms with Gasteiger partial charge in [0.1, 0.15) is 11.1 Å². The Kier molecular flexibility index (Phi) is 3.63. The van der Waals surface area contributed by atoms with Crippen LogP contribution in [-0.4, -0.2) is 5.91 Å². The van der Waals surface area contributed by atoms with Gasteiger partial charge in [0.05, 0.1) is 12.0 Å². The van der Waals surface area contributed by atoms with E-state index in [1.54, 1.807) is 12.1 Å². The molecule has 1 aromatic heterocycles. The molecule has 3 rings (SSSR count). The van der Waals surface area contributed by atoms with Crippen LogP contribution in [0.3, 0.4) is 0 Å². The molecule has 0 spiro atoms. The largest absolute Gasteiger partial charge is 0.399 e. The molecule has 106 valence electrons. The van der Waals surface area contributed by atoms with Gasteiger partial charge in [-0.15, -0.1) is 11.3 Å². The summed E-state index contributed by atoms with van der Waals surface area (Å²) in [5.74, 6) is -0.114. The number of thiophene rings is 1. The number of hydrogen-bond donors (Lipinski definition) is 2. The quantitative estimate of drug-likeness (QED) is 0.855. The second-order valence-corrected chi connectivity index (χ2v) is 6.25. The van der Waals surface area contributed by atoms with Crippen molar-refractivity contribution >= 4 is 27.9 Å². The molecule has 0 fully saturated rings. The van der Waals surface area contributed by atoms with Gasteiger partial charge in [-0.05, 0) is 42.5 Å². The highest BCUT2D eigenvalue weighted by Crippen LogP contribution is 2.38. The number of amides is 1. The number of nitrogens with zero attached hydrogens (tertiary/aromatic N) is 1. The molecule has 1 aromatic carbocycles. The van der Waals surface area contributed by atoms with Crippen molar-refractivity contribution in [3.63, 3.8) is 0 Å². The topological polar surface area (TPSA) is 78.9 Å². The number of nitrogens with two attached hydrogens (primary N) is 1. The number of nitrogens with one attached hydrogen (secondary N) is 1. The zero-order chi connectivity index (χ0) is 14.8. The van der Waals surface area contributed by atoms with Crippen LogP contribution in [0.25, 0.3) is 0 Å². The molecule has 21 heavy (non-hydrogen) atoms. The Morgan fingerprint density at radius 1 is 1.43 bits per heavy atom. The van der Waals surface area contributed by atoms with E-state index in [0.717, 1.165) is 30.4 Å². The predicted octanol–water partition coefficient (Wildman–Crippen LogP) is 2.87. The van der Waals surface area contributed by atoms with Crippen LogP contribution in [0.5, 0.6) is 0 Å². The standard InChI is InChI=1S/C16H15N3OS/c17-9-13-12-5-2-6-14(12)21-16(13)19-15(20)8-10-3-1-4-11(18)7-10/h1,3-4,7H,2,5-6,8,18H2,(H,19,20). The minimum atomic E-state index is -0.114. The normalized spacial score (nSPS) is 12.7. The minimum Gasteiger partial charge on any atom is -0.399 e. The van der Waals surface area contributed by atoms with Crippen molar-refractivity contribution in [3.05, 3.63) is 45.8 Å². The summed E-state index contributed by atoms with van der Waals surface area (Å²) in [5, 5.41) is 12.9. The van der Waals surface area contributed by atoms with Gasteiger partial charge >= 0.3 is 0 Å². The van der Waals surface area contributed by atoms with Crippen LogP contribution in [-0.2, 0) is 24.1 Å². The molecule has 4 nitrogen and oxygen atoms in total. The molecule has 2 aromatic rings. The predicted molar refractivity (Wildman–Crippen MR) is 84.2 cm³/mol. The molecule has 5 heteroatoms. The summed E-state index contributed by atoms with van der Waals surface area (Å²) >= 11 is 1.54. The Balaban J connectivity index is 1.75. The van der Waals surface area contributed by atoms with E-state index in [-0.39, 0.29) is 12.3 Å². The van der Waals surface area contributed by atoms with Gasteiger partial charge in [0.2, 0.25) is 5.91 Å². The molecule has 0 unspecified atom stereocenters. The van der Waals surface area contributed by atoms with Gasteiger partial charge in [0, 0.05) is 10.6 Å². The number of carbonyl (C=O) groups excluding carboxylic acids is 1. The van der Waals surface area contributed by atoms with Gasteiger partial charge in [-0.25, -0.2) is 0 Å². The number of nitriles is 1. The number of hydrogen-bond acceptors (Lipinski definition) is 4. The van der Waals surface area contributed by atoms with E-state index in [1.807, 2.05) is 12.1 Å². The fourth-order valence-corrected chi connectivity index (χ4v) is 3.93. The number of benzene rings is 1. The van der Waals surface area contributed by atoms with Gasteiger partial charge in [0.15, 0.2) is 0 Å². The van der Waals surface area contributed by atoms with Crippen molar-refractivity contribution in [2.75, 3.05) is 11.1 Å². The Morgan fingerprint density at radius 2 is 2.29 bits per heavy atom. The maximum absolute atomic E-state index is 12.1. The molecule has 0 saturated heterocycles. The Bertz CT molecular complexity index is 742. The highest BCUT2D eigenvalue weighted by atomic mass is 32.1. The molecule has 0 aliphatic heterocycles. The number of carbonyl (C=O) groups is 1. The first-order valence-corrected chi connectivity index (χ1v) is 7.68. The van der Waals surface area contributed by atoms with Crippen molar-refractivity contribution in [2.24, 2.45) is 0 Å². The molecule has 3 N–H and O–H groups in total. The fraction of sp³-hybridized carbons (Fsp3) is 0.250. The first kappa shape index (κ1) is 13.7. The summed E-state index contributed by atoms with van der Waals surface area (Å²) in [5.41, 5.74) is 9.00. The van der Waals surface area contributed by atoms with Gasteiger partial charge in [-0.1, -0.05) is 12.1 Å². The number of rotatable bonds is 3. The average Bonchev–Trinajstić information content (AvgIpc) is 2.98. The number of anilines is 2. The van der Waals surface area contributed by atoms with Crippen LogP contribution in [0.1, 0.15) is 28.0 Å². The first-order chi connectivity index (χ1) is 10.2. The van der Waals surface area contributed by atoms with Gasteiger partial charge in [-0.3, -0.25) is 4.79 Å². The summed E-state index contributed by atoms with van der Waals surface area (Å²) < 4.78 is 0. The zero-order valence-electron chi connectivity index (χ0n) is 11.5. The molecular weight excluding hydrogens is 282 g/mol. The van der Waals surface area contributed by atoms with Gasteiger partial charge in [0.25, 0.3) is 0 Å². The third-order valence-corrected chi connectivity index (χ3v) is 4.81. The lowest BCUT2D eigenvalue weighted by Crippen LogP contribution is -2.14. The lowest BCUT2D eigenvalue weighted by atomic mass is 10.1. The monoisotopic (exact) mass is 297 g/mol. The Hall–Kier alpha value is -2.32. The molecule has 1 amide bonds. The summed E-state index contributed by atoms with van der Waals surface area (Å²) in [6.45, 7) is 0. The van der Waals surface area contributed by atoms with Crippen LogP contribution < -0.4 is 11.1 Å². The number of nitrogen functional groups attached to an aromatic ring is 1. The first-order valence-electron chi connectivity index (χ1n) is 6.86. The molecule has 0 saturated carbocycles. The van der Waals surface area contributed by atoms with Crippen molar-refractivity contribution < 1.29 is 4.79 Å². The molecule has 1 aliphatic rings. The summed E-state index contributed by atoms with van der Waals surface area (Å²) in [6.07, 6.45) is 3.32. The van der Waals surface area contributed by atoms with Crippen molar-refractivity contribution in [3.8, 4) is 6.07 Å². The van der Waals surface area contributed by atoms with E-state index < -0.39 is 0 Å². The summed E-state index contributed by atoms with van der Waals surface area (Å²) in [4.78, 5) is 13.4. The van der Waals surface area contributed by atoms with E-state index in [9.17, 15) is 10.1 Å². The molecule has 0 atom stereocenters. The maximum Gasteiger partial charge on any atom is 0.229 e. The minimum absolute atomic E-state index is 0.114. The molecule has 0 bridgehead atoms. The average molecular weight is 297 g/mol. The number of fused-ring (bicyclic) bond motifs is 1. The second-order valence-electron chi connectivity index (χ2n) is 5.14. The summed E-state index contributed by atoms with van der Waals surface area (Å²) in [6, 6.07) is 9.51. The van der Waals surface area contributed by atoms with E-state index in [1.165, 1.54) is 16.2 Å².